The zero-order valence-electron chi connectivity index (χ0n) is 26.8. The molecule has 0 bridgehead atoms. The second-order valence-electron chi connectivity index (χ2n) is 11.5. The van der Waals surface area contributed by atoms with Crippen molar-refractivity contribution in [3.05, 3.63) is 68.9 Å². The molecule has 2 atom stereocenters. The van der Waals surface area contributed by atoms with Gasteiger partial charge in [-0.1, -0.05) is 18.5 Å². The number of hydrogen-bond acceptors (Lipinski definition) is 11. The molecule has 2 N–H and O–H groups in total. The molecular formula is C34H32ClN3O9S. The molecule has 1 aliphatic heterocycles. The van der Waals surface area contributed by atoms with Crippen LogP contribution in [0.15, 0.2) is 40.1 Å². The van der Waals surface area contributed by atoms with Crippen molar-refractivity contribution in [3.8, 4) is 34.3 Å². The summed E-state index contributed by atoms with van der Waals surface area (Å²) < 4.78 is 28.7. The highest BCUT2D eigenvalue weighted by atomic mass is 35.5. The van der Waals surface area contributed by atoms with Gasteiger partial charge in [0, 0.05) is 47.9 Å². The summed E-state index contributed by atoms with van der Waals surface area (Å²) in [7, 11) is 4.35. The number of nitrogens with one attached hydrogen (secondary N) is 2. The summed E-state index contributed by atoms with van der Waals surface area (Å²) in [5.74, 6) is -1.11. The van der Waals surface area contributed by atoms with Crippen molar-refractivity contribution in [1.29, 1.82) is 0 Å². The van der Waals surface area contributed by atoms with E-state index in [1.807, 2.05) is 12.3 Å². The minimum absolute atomic E-state index is 0.00537. The summed E-state index contributed by atoms with van der Waals surface area (Å²) in [5.41, 5.74) is -0.185. The second kappa shape index (κ2) is 13.0. The first-order valence-corrected chi connectivity index (χ1v) is 16.3. The van der Waals surface area contributed by atoms with Gasteiger partial charge in [0.15, 0.2) is 10.9 Å². The van der Waals surface area contributed by atoms with Crippen LogP contribution in [0.3, 0.4) is 0 Å². The monoisotopic (exact) mass is 693 g/mol. The number of hydrogen-bond donors (Lipinski definition) is 2. The molecule has 0 unspecified atom stereocenters. The maximum absolute atomic E-state index is 14.7. The van der Waals surface area contributed by atoms with Crippen molar-refractivity contribution < 1.29 is 42.5 Å². The highest BCUT2D eigenvalue weighted by molar-refractivity contribution is 7.13. The summed E-state index contributed by atoms with van der Waals surface area (Å²) >= 11 is 7.90. The van der Waals surface area contributed by atoms with Gasteiger partial charge in [-0.3, -0.25) is 19.2 Å². The van der Waals surface area contributed by atoms with Gasteiger partial charge < -0.3 is 34.0 Å². The fraction of sp³-hybridized carbons (Fsp3) is 0.324. The first kappa shape index (κ1) is 33.0. The van der Waals surface area contributed by atoms with Crippen molar-refractivity contribution in [2.45, 2.75) is 38.7 Å². The quantitative estimate of drug-likeness (QED) is 0.204. The van der Waals surface area contributed by atoms with E-state index < -0.39 is 29.0 Å². The van der Waals surface area contributed by atoms with Crippen molar-refractivity contribution in [2.24, 2.45) is 5.92 Å². The summed E-state index contributed by atoms with van der Waals surface area (Å²) in [5, 5.41) is 7.79. The molecule has 0 saturated heterocycles. The highest BCUT2D eigenvalue weighted by Crippen LogP contribution is 2.54. The van der Waals surface area contributed by atoms with Crippen LogP contribution in [0.1, 0.15) is 51.1 Å². The lowest BCUT2D eigenvalue weighted by atomic mass is 9.70. The van der Waals surface area contributed by atoms with E-state index in [1.165, 1.54) is 31.6 Å². The van der Waals surface area contributed by atoms with Crippen LogP contribution in [0, 0.1) is 12.8 Å². The Labute approximate surface area is 284 Å². The van der Waals surface area contributed by atoms with Gasteiger partial charge in [-0.05, 0) is 31.2 Å². The molecule has 2 amide bonds. The number of nitrogens with zero attached hydrogens (tertiary/aromatic N) is 1. The van der Waals surface area contributed by atoms with Gasteiger partial charge in [0.05, 0.1) is 39.0 Å². The minimum atomic E-state index is -1.99. The van der Waals surface area contributed by atoms with Crippen LogP contribution >= 0.6 is 22.9 Å². The smallest absolute Gasteiger partial charge is 0.237 e. The number of thiazole rings is 1. The number of aryl methyl sites for hydroxylation is 1. The molecule has 1 spiro atoms. The fourth-order valence-electron chi connectivity index (χ4n) is 6.11. The molecule has 14 heteroatoms. The van der Waals surface area contributed by atoms with E-state index >= 15 is 0 Å². The first-order valence-electron chi connectivity index (χ1n) is 15.0. The van der Waals surface area contributed by atoms with Crippen molar-refractivity contribution in [3.63, 3.8) is 0 Å². The van der Waals surface area contributed by atoms with Gasteiger partial charge in [-0.25, -0.2) is 4.98 Å². The van der Waals surface area contributed by atoms with E-state index in [2.05, 4.69) is 15.6 Å². The summed E-state index contributed by atoms with van der Waals surface area (Å²) in [6.07, 6.45) is -0.118. The SMILES string of the molecule is COc1ccc(-c2oc3c(c2CC(=O)NCCC(=O)Nc2nc(C)cs2)C(=O)[C@@]2(Oc4c(Cl)c(OC)cc(OC)c4C2=O)[C@H](C)C3)cc1. The predicted molar refractivity (Wildman–Crippen MR) is 177 cm³/mol. The Balaban J connectivity index is 1.34. The Morgan fingerprint density at radius 2 is 1.75 bits per heavy atom. The Kier molecular flexibility index (Phi) is 8.92. The van der Waals surface area contributed by atoms with Crippen molar-refractivity contribution in [1.82, 2.24) is 10.3 Å². The molecule has 4 aromatic rings. The molecular weight excluding hydrogens is 662 g/mol. The molecule has 12 nitrogen and oxygen atoms in total. The average molecular weight is 694 g/mol. The number of benzene rings is 2. The molecule has 2 aromatic carbocycles. The van der Waals surface area contributed by atoms with Crippen molar-refractivity contribution >= 4 is 51.5 Å². The number of aromatic nitrogens is 1. The van der Waals surface area contributed by atoms with Gasteiger partial charge in [-0.2, -0.15) is 0 Å². The van der Waals surface area contributed by atoms with E-state index in [-0.39, 0.29) is 70.7 Å². The molecule has 0 radical (unpaired) electrons. The van der Waals surface area contributed by atoms with Gasteiger partial charge in [0.1, 0.15) is 39.4 Å². The van der Waals surface area contributed by atoms with E-state index in [4.69, 9.17) is 35.0 Å². The van der Waals surface area contributed by atoms with E-state index in [0.29, 0.717) is 28.0 Å². The topological polar surface area (TPSA) is 155 Å². The van der Waals surface area contributed by atoms with E-state index in [1.54, 1.807) is 38.3 Å². The summed E-state index contributed by atoms with van der Waals surface area (Å²) in [6.45, 7) is 3.59. The molecule has 3 heterocycles. The first-order chi connectivity index (χ1) is 23.0. The number of methoxy groups -OCH3 is 3. The third-order valence-corrected chi connectivity index (χ3v) is 9.71. The zero-order chi connectivity index (χ0) is 34.3. The zero-order valence-corrected chi connectivity index (χ0v) is 28.3. The number of anilines is 1. The number of ether oxygens (including phenoxy) is 4. The van der Waals surface area contributed by atoms with Gasteiger partial charge in [0.2, 0.25) is 29.0 Å². The van der Waals surface area contributed by atoms with Crippen molar-refractivity contribution in [2.75, 3.05) is 33.2 Å². The Morgan fingerprint density at radius 3 is 2.40 bits per heavy atom. The Morgan fingerprint density at radius 1 is 1.04 bits per heavy atom. The maximum atomic E-state index is 14.7. The number of rotatable bonds is 10. The molecule has 0 fully saturated rings. The molecule has 48 heavy (non-hydrogen) atoms. The Bertz CT molecular complexity index is 1950. The minimum Gasteiger partial charge on any atom is -0.497 e. The molecule has 1 aliphatic carbocycles. The summed E-state index contributed by atoms with van der Waals surface area (Å²) in [6, 6.07) is 8.44. The van der Waals surface area contributed by atoms with E-state index in [0.717, 1.165) is 5.69 Å². The molecule has 250 valence electrons. The largest absolute Gasteiger partial charge is 0.497 e. The van der Waals surface area contributed by atoms with Crippen LogP contribution in [0.5, 0.6) is 23.0 Å². The molecule has 6 rings (SSSR count). The fourth-order valence-corrected chi connectivity index (χ4v) is 7.08. The van der Waals surface area contributed by atoms with Crippen LogP contribution in [-0.4, -0.2) is 61.8 Å². The van der Waals surface area contributed by atoms with Gasteiger partial charge in [-0.15, -0.1) is 11.3 Å². The second-order valence-corrected chi connectivity index (χ2v) is 12.7. The number of carbonyl (C=O) groups is 4. The Hall–Kier alpha value is -4.88. The van der Waals surface area contributed by atoms with E-state index in [9.17, 15) is 19.2 Å². The van der Waals surface area contributed by atoms with Gasteiger partial charge >= 0.3 is 0 Å². The van der Waals surface area contributed by atoms with Gasteiger partial charge in [0.25, 0.3) is 0 Å². The lowest BCUT2D eigenvalue weighted by molar-refractivity contribution is -0.120. The van der Waals surface area contributed by atoms with Crippen LogP contribution in [0.25, 0.3) is 11.3 Å². The number of furan rings is 1. The summed E-state index contributed by atoms with van der Waals surface area (Å²) in [4.78, 5) is 59.0. The van der Waals surface area contributed by atoms with Crippen LogP contribution in [0.4, 0.5) is 5.13 Å². The molecule has 2 aromatic heterocycles. The normalized spacial score (nSPS) is 17.8. The average Bonchev–Trinajstić information content (AvgIpc) is 3.74. The molecule has 2 aliphatic rings. The lowest BCUT2D eigenvalue weighted by Gasteiger charge is -2.35. The highest BCUT2D eigenvalue weighted by Gasteiger charge is 2.63. The number of ketones is 2. The third-order valence-electron chi connectivity index (χ3n) is 8.48. The van der Waals surface area contributed by atoms with Crippen LogP contribution < -0.4 is 29.6 Å². The van der Waals surface area contributed by atoms with Crippen LogP contribution in [-0.2, 0) is 22.4 Å². The third kappa shape index (κ3) is 5.56. The van der Waals surface area contributed by atoms with Crippen LogP contribution in [0.2, 0.25) is 5.02 Å². The predicted octanol–water partition coefficient (Wildman–Crippen LogP) is 5.47. The molecule has 0 saturated carbocycles. The number of fused-ring (bicyclic) bond motifs is 2. The number of amides is 2. The number of Topliss-reactive ketones (excluding diaryl/α,β-unsaturated/α-hetero) is 2. The standard InChI is InChI=1S/C34H32ClN3O9S/c1-16-12-22-26(31(41)34(16)32(42)27-21(44-4)14-23(45-5)28(35)30(27)47-34)20(29(46-22)18-6-8-19(43-3)9-7-18)13-25(40)36-11-10-24(39)38-33-37-17(2)15-48-33/h6-9,14-16H,10-13H2,1-5H3,(H,36,40)(H,37,38,39)/t16-,34+/m1/s1. The number of halogens is 1. The maximum Gasteiger partial charge on any atom is 0.237 e. The number of carbonyl (C=O) groups excluding carboxylic acids is 4. The lowest BCUT2D eigenvalue weighted by Crippen LogP contribution is -2.56.